The highest BCUT2D eigenvalue weighted by molar-refractivity contribution is 5.96. The van der Waals surface area contributed by atoms with Crippen molar-refractivity contribution in [2.45, 2.75) is 12.5 Å². The first-order valence-corrected chi connectivity index (χ1v) is 9.77. The zero-order valence-corrected chi connectivity index (χ0v) is 16.3. The average molecular weight is 396 g/mol. The van der Waals surface area contributed by atoms with Crippen LogP contribution in [0.1, 0.15) is 28.4 Å². The van der Waals surface area contributed by atoms with Crippen LogP contribution < -0.4 is 15.0 Å². The van der Waals surface area contributed by atoms with Gasteiger partial charge in [0.25, 0.3) is 11.6 Å². The first kappa shape index (κ1) is 19.2. The number of nitrogens with one attached hydrogen (secondary N) is 1. The van der Waals surface area contributed by atoms with Crippen molar-refractivity contribution in [3.05, 3.63) is 63.7 Å². The smallest absolute Gasteiger partial charge is 0.293 e. The molecule has 1 fully saturated rings. The monoisotopic (exact) mass is 396 g/mol. The summed E-state index contributed by atoms with van der Waals surface area (Å²) in [5.41, 5.74) is 1.75. The van der Waals surface area contributed by atoms with Gasteiger partial charge in [-0.15, -0.1) is 0 Å². The van der Waals surface area contributed by atoms with Crippen LogP contribution in [-0.4, -0.2) is 55.6 Å². The summed E-state index contributed by atoms with van der Waals surface area (Å²) >= 11 is 0. The molecule has 152 valence electrons. The molecule has 2 aliphatic rings. The molecule has 4 rings (SSSR count). The number of anilines is 1. The number of amides is 1. The molecule has 2 heterocycles. The minimum atomic E-state index is -0.409. The SMILES string of the molecule is CN1CCN(c2ccc(C(=O)NC3CCOc4ccccc43)cc2[N+](=O)[O-])CC1. The molecule has 2 aromatic carbocycles. The predicted molar refractivity (Wildman–Crippen MR) is 110 cm³/mol. The van der Waals surface area contributed by atoms with E-state index in [2.05, 4.69) is 10.2 Å². The number of hydrogen-bond donors (Lipinski definition) is 1. The van der Waals surface area contributed by atoms with Crippen LogP contribution in [0.3, 0.4) is 0 Å². The molecular formula is C21H24N4O4. The number of ether oxygens (including phenoxy) is 1. The molecule has 0 aromatic heterocycles. The molecular weight excluding hydrogens is 372 g/mol. The van der Waals surface area contributed by atoms with Gasteiger partial charge in [-0.1, -0.05) is 18.2 Å². The number of likely N-dealkylation sites (N-methyl/N-ethyl adjacent to an activating group) is 1. The molecule has 0 bridgehead atoms. The van der Waals surface area contributed by atoms with Crippen molar-refractivity contribution in [1.29, 1.82) is 0 Å². The summed E-state index contributed by atoms with van der Waals surface area (Å²) in [6.45, 7) is 3.67. The largest absolute Gasteiger partial charge is 0.493 e. The molecule has 0 spiro atoms. The number of benzene rings is 2. The summed E-state index contributed by atoms with van der Waals surface area (Å²) in [6, 6.07) is 12.2. The van der Waals surface area contributed by atoms with Crippen LogP contribution in [0.15, 0.2) is 42.5 Å². The number of nitro benzene ring substituents is 1. The Labute approximate surface area is 169 Å². The Morgan fingerprint density at radius 3 is 2.69 bits per heavy atom. The maximum absolute atomic E-state index is 12.8. The summed E-state index contributed by atoms with van der Waals surface area (Å²) < 4.78 is 5.63. The molecule has 1 atom stereocenters. The van der Waals surface area contributed by atoms with E-state index >= 15 is 0 Å². The fourth-order valence-corrected chi connectivity index (χ4v) is 3.86. The Balaban J connectivity index is 1.55. The van der Waals surface area contributed by atoms with Gasteiger partial charge in [-0.05, 0) is 25.2 Å². The number of carbonyl (C=O) groups is 1. The number of para-hydroxylation sites is 1. The van der Waals surface area contributed by atoms with Crippen molar-refractivity contribution in [2.24, 2.45) is 0 Å². The van der Waals surface area contributed by atoms with E-state index in [1.54, 1.807) is 12.1 Å². The van der Waals surface area contributed by atoms with Gasteiger partial charge in [0, 0.05) is 49.8 Å². The molecule has 0 aliphatic carbocycles. The normalized spacial score (nSPS) is 19.2. The molecule has 1 saturated heterocycles. The van der Waals surface area contributed by atoms with Gasteiger partial charge in [0.05, 0.1) is 17.6 Å². The molecule has 2 aromatic rings. The van der Waals surface area contributed by atoms with E-state index in [0.29, 0.717) is 24.3 Å². The second kappa shape index (κ2) is 8.08. The number of fused-ring (bicyclic) bond motifs is 1. The average Bonchev–Trinajstić information content (AvgIpc) is 2.74. The molecule has 1 unspecified atom stereocenters. The van der Waals surface area contributed by atoms with E-state index in [4.69, 9.17) is 4.74 Å². The number of piperazine rings is 1. The van der Waals surface area contributed by atoms with Crippen LogP contribution in [-0.2, 0) is 0 Å². The van der Waals surface area contributed by atoms with Crippen LogP contribution in [0.5, 0.6) is 5.75 Å². The minimum absolute atomic E-state index is 0.0328. The van der Waals surface area contributed by atoms with Crippen molar-refractivity contribution in [3.63, 3.8) is 0 Å². The third-order valence-corrected chi connectivity index (χ3v) is 5.54. The number of nitrogens with zero attached hydrogens (tertiary/aromatic N) is 3. The Kier molecular flexibility index (Phi) is 5.35. The van der Waals surface area contributed by atoms with Gasteiger partial charge in [-0.3, -0.25) is 14.9 Å². The van der Waals surface area contributed by atoms with Crippen molar-refractivity contribution < 1.29 is 14.5 Å². The maximum Gasteiger partial charge on any atom is 0.293 e. The van der Waals surface area contributed by atoms with Gasteiger partial charge >= 0.3 is 0 Å². The first-order chi connectivity index (χ1) is 14.0. The third kappa shape index (κ3) is 4.02. The van der Waals surface area contributed by atoms with Crippen molar-refractivity contribution >= 4 is 17.3 Å². The highest BCUT2D eigenvalue weighted by atomic mass is 16.6. The van der Waals surface area contributed by atoms with Crippen molar-refractivity contribution in [3.8, 4) is 5.75 Å². The summed E-state index contributed by atoms with van der Waals surface area (Å²) in [7, 11) is 2.04. The van der Waals surface area contributed by atoms with Crippen molar-refractivity contribution in [1.82, 2.24) is 10.2 Å². The van der Waals surface area contributed by atoms with E-state index in [-0.39, 0.29) is 17.6 Å². The third-order valence-electron chi connectivity index (χ3n) is 5.54. The lowest BCUT2D eigenvalue weighted by atomic mass is 10.00. The van der Waals surface area contributed by atoms with E-state index < -0.39 is 4.92 Å². The van der Waals surface area contributed by atoms with Crippen LogP contribution in [0, 0.1) is 10.1 Å². The molecule has 1 amide bonds. The maximum atomic E-state index is 12.8. The molecule has 29 heavy (non-hydrogen) atoms. The zero-order valence-electron chi connectivity index (χ0n) is 16.3. The Morgan fingerprint density at radius 1 is 1.17 bits per heavy atom. The summed E-state index contributed by atoms with van der Waals surface area (Å²) in [4.78, 5) is 28.3. The van der Waals surface area contributed by atoms with Gasteiger partial charge < -0.3 is 19.9 Å². The fraction of sp³-hybridized carbons (Fsp3) is 0.381. The van der Waals surface area contributed by atoms with Gasteiger partial charge in [0.1, 0.15) is 11.4 Å². The molecule has 8 heteroatoms. The van der Waals surface area contributed by atoms with Gasteiger partial charge in [0.15, 0.2) is 0 Å². The van der Waals surface area contributed by atoms with Crippen LogP contribution in [0.2, 0.25) is 0 Å². The van der Waals surface area contributed by atoms with Crippen LogP contribution >= 0.6 is 0 Å². The molecule has 0 saturated carbocycles. The van der Waals surface area contributed by atoms with Crippen molar-refractivity contribution in [2.75, 3.05) is 44.7 Å². The van der Waals surface area contributed by atoms with E-state index in [1.807, 2.05) is 36.2 Å². The highest BCUT2D eigenvalue weighted by Gasteiger charge is 2.26. The second-order valence-electron chi connectivity index (χ2n) is 7.45. The summed E-state index contributed by atoms with van der Waals surface area (Å²) in [5.74, 6) is 0.445. The predicted octanol–water partition coefficient (Wildman–Crippen LogP) is 2.60. The molecule has 1 N–H and O–H groups in total. The van der Waals surface area contributed by atoms with E-state index in [9.17, 15) is 14.9 Å². The topological polar surface area (TPSA) is 88.0 Å². The minimum Gasteiger partial charge on any atom is -0.493 e. The first-order valence-electron chi connectivity index (χ1n) is 9.77. The molecule has 0 radical (unpaired) electrons. The van der Waals surface area contributed by atoms with Crippen LogP contribution in [0.25, 0.3) is 0 Å². The Bertz CT molecular complexity index is 925. The van der Waals surface area contributed by atoms with E-state index in [1.165, 1.54) is 6.07 Å². The summed E-state index contributed by atoms with van der Waals surface area (Å²) in [6.07, 6.45) is 0.657. The van der Waals surface area contributed by atoms with E-state index in [0.717, 1.165) is 37.5 Å². The van der Waals surface area contributed by atoms with Gasteiger partial charge in [-0.2, -0.15) is 0 Å². The standard InChI is InChI=1S/C21H24N4O4/c1-23-9-11-24(12-10-23)18-7-6-15(14-19(18)25(27)28)21(26)22-17-8-13-29-20-5-3-2-4-16(17)20/h2-7,14,17H,8-13H2,1H3,(H,22,26). The summed E-state index contributed by atoms with van der Waals surface area (Å²) in [5, 5.41) is 14.7. The van der Waals surface area contributed by atoms with Gasteiger partial charge in [0.2, 0.25) is 0 Å². The number of nitro groups is 1. The lowest BCUT2D eigenvalue weighted by Crippen LogP contribution is -2.44. The number of carbonyl (C=O) groups excluding carboxylic acids is 1. The lowest BCUT2D eigenvalue weighted by Gasteiger charge is -2.33. The zero-order chi connectivity index (χ0) is 20.4. The number of hydrogen-bond acceptors (Lipinski definition) is 6. The quantitative estimate of drug-likeness (QED) is 0.631. The fourth-order valence-electron chi connectivity index (χ4n) is 3.86. The van der Waals surface area contributed by atoms with Gasteiger partial charge in [-0.25, -0.2) is 0 Å². The lowest BCUT2D eigenvalue weighted by molar-refractivity contribution is -0.384. The Hall–Kier alpha value is -3.13. The molecule has 2 aliphatic heterocycles. The highest BCUT2D eigenvalue weighted by Crippen LogP contribution is 2.33. The number of rotatable bonds is 4. The molecule has 8 nitrogen and oxygen atoms in total. The Morgan fingerprint density at radius 2 is 1.93 bits per heavy atom. The second-order valence-corrected chi connectivity index (χ2v) is 7.45. The van der Waals surface area contributed by atoms with Crippen LogP contribution in [0.4, 0.5) is 11.4 Å².